The van der Waals surface area contributed by atoms with Crippen molar-refractivity contribution < 1.29 is 10.2 Å². The maximum Gasteiger partial charge on any atom is 0.144 e. The molecular formula is C38H60N2O2. The fraction of sp³-hybridized carbons (Fsp3) is 0.632. The smallest absolute Gasteiger partial charge is 0.144 e. The van der Waals surface area contributed by atoms with Crippen molar-refractivity contribution in [2.45, 2.75) is 156 Å². The molecule has 2 aromatic rings. The number of phenolic OH excluding ortho intramolecular Hbond substituents is 2. The highest BCUT2D eigenvalue weighted by Gasteiger charge is 2.26. The van der Waals surface area contributed by atoms with Crippen LogP contribution in [-0.2, 0) is 21.7 Å². The molecule has 0 aromatic heterocycles. The Bertz CT molecular complexity index is 1130. The third kappa shape index (κ3) is 10.6. The summed E-state index contributed by atoms with van der Waals surface area (Å²) in [6.07, 6.45) is 12.8. The van der Waals surface area contributed by atoms with Crippen molar-refractivity contribution in [2.24, 2.45) is 9.98 Å². The van der Waals surface area contributed by atoms with E-state index in [9.17, 15) is 10.2 Å². The number of aromatic hydroxyl groups is 2. The summed E-state index contributed by atoms with van der Waals surface area (Å²) in [5, 5.41) is 21.8. The van der Waals surface area contributed by atoms with E-state index in [1.807, 2.05) is 24.6 Å². The number of rotatable bonds is 11. The van der Waals surface area contributed by atoms with Crippen molar-refractivity contribution in [3.63, 3.8) is 0 Å². The second-order valence-corrected chi connectivity index (χ2v) is 16.1. The maximum absolute atomic E-state index is 10.9. The molecule has 2 N–H and O–H groups in total. The topological polar surface area (TPSA) is 65.2 Å². The van der Waals surface area contributed by atoms with Gasteiger partial charge in [0.05, 0.1) is 0 Å². The average molecular weight is 577 g/mol. The molecule has 0 fully saturated rings. The molecule has 4 nitrogen and oxygen atoms in total. The van der Waals surface area contributed by atoms with E-state index < -0.39 is 0 Å². The first kappa shape index (κ1) is 35.6. The fourth-order valence-corrected chi connectivity index (χ4v) is 4.95. The van der Waals surface area contributed by atoms with Crippen LogP contribution in [0.3, 0.4) is 0 Å². The minimum Gasteiger partial charge on any atom is -0.505 e. The highest BCUT2D eigenvalue weighted by atomic mass is 16.3. The summed E-state index contributed by atoms with van der Waals surface area (Å²) >= 11 is 0. The molecular weight excluding hydrogens is 516 g/mol. The molecule has 2 rings (SSSR count). The number of unbranched alkanes of at least 4 members (excludes halogenated alkanes) is 7. The Labute approximate surface area is 257 Å². The standard InChI is InChI=1S/C38H60N2O2/c1-35(2,3)27-23-29(37(7,8)9)33(41)31(25-27)39-21-19-17-15-13-14-16-18-20-22-40-32-26-28(36(4,5)6)24-30(34(32)42)38(10,11)12/h21-26,41-42H,13-20H2,1-12H3/b39-21+,40-22+. The van der Waals surface area contributed by atoms with Gasteiger partial charge in [0.2, 0.25) is 0 Å². The van der Waals surface area contributed by atoms with Gasteiger partial charge in [-0.15, -0.1) is 0 Å². The SMILES string of the molecule is CC(C)(C)c1cc(/N=C/CCCCCCCC/C=N/c2cc(C(C)(C)C)cc(C(C)(C)C)c2O)c(O)c(C(C)(C)C)c1. The summed E-state index contributed by atoms with van der Waals surface area (Å²) in [6.45, 7) is 26.0. The molecule has 0 aliphatic carbocycles. The minimum absolute atomic E-state index is 0.00127. The molecule has 0 saturated carbocycles. The Morgan fingerprint density at radius 3 is 1.07 bits per heavy atom. The van der Waals surface area contributed by atoms with Gasteiger partial charge in [0.15, 0.2) is 0 Å². The van der Waals surface area contributed by atoms with Gasteiger partial charge in [0.1, 0.15) is 22.9 Å². The van der Waals surface area contributed by atoms with Gasteiger partial charge in [-0.3, -0.25) is 9.98 Å². The van der Waals surface area contributed by atoms with Crippen LogP contribution in [0, 0.1) is 0 Å². The molecule has 0 radical (unpaired) electrons. The molecule has 42 heavy (non-hydrogen) atoms. The van der Waals surface area contributed by atoms with E-state index in [0.29, 0.717) is 22.9 Å². The first-order valence-corrected chi connectivity index (χ1v) is 16.0. The molecule has 0 amide bonds. The Morgan fingerprint density at radius 2 is 0.786 bits per heavy atom. The highest BCUT2D eigenvalue weighted by molar-refractivity contribution is 5.70. The van der Waals surface area contributed by atoms with Gasteiger partial charge >= 0.3 is 0 Å². The number of phenols is 2. The largest absolute Gasteiger partial charge is 0.505 e. The third-order valence-corrected chi connectivity index (χ3v) is 7.90. The lowest BCUT2D eigenvalue weighted by atomic mass is 9.80. The van der Waals surface area contributed by atoms with E-state index >= 15 is 0 Å². The molecule has 0 spiro atoms. The molecule has 0 unspecified atom stereocenters. The van der Waals surface area contributed by atoms with E-state index in [1.165, 1.54) is 36.8 Å². The van der Waals surface area contributed by atoms with Crippen LogP contribution < -0.4 is 0 Å². The number of aliphatic imine (C=N–C) groups is 2. The van der Waals surface area contributed by atoms with Gasteiger partial charge in [-0.25, -0.2) is 0 Å². The molecule has 4 heteroatoms. The number of nitrogens with zero attached hydrogens (tertiary/aromatic N) is 2. The lowest BCUT2D eigenvalue weighted by Gasteiger charge is -2.26. The van der Waals surface area contributed by atoms with Gasteiger partial charge in [-0.05, 0) is 70.6 Å². The number of hydrogen-bond acceptors (Lipinski definition) is 4. The maximum atomic E-state index is 10.9. The van der Waals surface area contributed by atoms with Crippen molar-refractivity contribution in [1.29, 1.82) is 0 Å². The Balaban J connectivity index is 1.81. The molecule has 0 bridgehead atoms. The zero-order valence-electron chi connectivity index (χ0n) is 28.9. The lowest BCUT2D eigenvalue weighted by Crippen LogP contribution is -2.16. The molecule has 0 atom stereocenters. The monoisotopic (exact) mass is 576 g/mol. The quantitative estimate of drug-likeness (QED) is 0.206. The van der Waals surface area contributed by atoms with Crippen molar-refractivity contribution in [1.82, 2.24) is 0 Å². The van der Waals surface area contributed by atoms with Crippen molar-refractivity contribution in [2.75, 3.05) is 0 Å². The molecule has 0 aliphatic heterocycles. The van der Waals surface area contributed by atoms with Crippen LogP contribution in [0.2, 0.25) is 0 Å². The highest BCUT2D eigenvalue weighted by Crippen LogP contribution is 2.42. The lowest BCUT2D eigenvalue weighted by molar-refractivity contribution is 0.445. The predicted molar refractivity (Wildman–Crippen MR) is 184 cm³/mol. The van der Waals surface area contributed by atoms with Gasteiger partial charge in [-0.2, -0.15) is 0 Å². The first-order valence-electron chi connectivity index (χ1n) is 16.0. The van der Waals surface area contributed by atoms with E-state index in [4.69, 9.17) is 0 Å². The van der Waals surface area contributed by atoms with Gasteiger partial charge in [-0.1, -0.05) is 121 Å². The molecule has 0 saturated heterocycles. The van der Waals surface area contributed by atoms with Crippen LogP contribution in [0.25, 0.3) is 0 Å². The second kappa shape index (κ2) is 14.2. The second-order valence-electron chi connectivity index (χ2n) is 16.1. The van der Waals surface area contributed by atoms with E-state index in [2.05, 4.69) is 105 Å². The van der Waals surface area contributed by atoms with Crippen LogP contribution in [0.5, 0.6) is 11.5 Å². The summed E-state index contributed by atoms with van der Waals surface area (Å²) < 4.78 is 0. The number of hydrogen-bond donors (Lipinski definition) is 2. The van der Waals surface area contributed by atoms with Crippen LogP contribution in [0.15, 0.2) is 34.3 Å². The van der Waals surface area contributed by atoms with E-state index in [1.54, 1.807) is 0 Å². The van der Waals surface area contributed by atoms with Crippen LogP contribution in [-0.4, -0.2) is 22.6 Å². The summed E-state index contributed by atoms with van der Waals surface area (Å²) in [4.78, 5) is 9.37. The van der Waals surface area contributed by atoms with Gasteiger partial charge < -0.3 is 10.2 Å². The van der Waals surface area contributed by atoms with Crippen LogP contribution >= 0.6 is 0 Å². The first-order chi connectivity index (χ1) is 19.2. The average Bonchev–Trinajstić information content (AvgIpc) is 2.83. The minimum atomic E-state index is -0.142. The summed E-state index contributed by atoms with van der Waals surface area (Å²) in [6, 6.07) is 8.35. The summed E-state index contributed by atoms with van der Waals surface area (Å²) in [5.41, 5.74) is 5.39. The number of benzene rings is 2. The Morgan fingerprint density at radius 1 is 0.476 bits per heavy atom. The van der Waals surface area contributed by atoms with Crippen molar-refractivity contribution in [3.8, 4) is 11.5 Å². The molecule has 0 heterocycles. The normalized spacial score (nSPS) is 13.5. The van der Waals surface area contributed by atoms with Crippen molar-refractivity contribution >= 4 is 23.8 Å². The Kier molecular flexibility index (Phi) is 12.1. The molecule has 2 aromatic carbocycles. The van der Waals surface area contributed by atoms with Gasteiger partial charge in [0.25, 0.3) is 0 Å². The van der Waals surface area contributed by atoms with Crippen LogP contribution in [0.4, 0.5) is 11.4 Å². The zero-order chi connectivity index (χ0) is 31.9. The summed E-state index contributed by atoms with van der Waals surface area (Å²) in [7, 11) is 0. The zero-order valence-corrected chi connectivity index (χ0v) is 28.9. The molecule has 234 valence electrons. The predicted octanol–water partition coefficient (Wildman–Crippen LogP) is 11.5. The summed E-state index contributed by atoms with van der Waals surface area (Å²) in [5.74, 6) is 0.615. The fourth-order valence-electron chi connectivity index (χ4n) is 4.95. The third-order valence-electron chi connectivity index (χ3n) is 7.90. The molecule has 0 aliphatic rings. The van der Waals surface area contributed by atoms with E-state index in [0.717, 1.165) is 36.8 Å². The van der Waals surface area contributed by atoms with E-state index in [-0.39, 0.29) is 21.7 Å². The Hall–Kier alpha value is -2.62. The van der Waals surface area contributed by atoms with Gasteiger partial charge in [0, 0.05) is 23.6 Å². The van der Waals surface area contributed by atoms with Crippen LogP contribution in [0.1, 0.15) is 157 Å². The van der Waals surface area contributed by atoms with Crippen molar-refractivity contribution in [3.05, 3.63) is 46.5 Å².